The lowest BCUT2D eigenvalue weighted by molar-refractivity contribution is 0.572. The van der Waals surface area contributed by atoms with E-state index in [9.17, 15) is 4.39 Å². The maximum Gasteiger partial charge on any atom is 0.249 e. The molecule has 21 heavy (non-hydrogen) atoms. The Bertz CT molecular complexity index is 631. The molecule has 0 saturated carbocycles. The topological polar surface area (TPSA) is 53.9 Å². The van der Waals surface area contributed by atoms with Crippen LogP contribution in [0.4, 0.5) is 21.8 Å². The molecule has 1 fully saturated rings. The van der Waals surface area contributed by atoms with Crippen molar-refractivity contribution >= 4 is 29.1 Å². The molecule has 0 unspecified atom stereocenters. The molecule has 2 heterocycles. The number of rotatable bonds is 3. The van der Waals surface area contributed by atoms with Crippen molar-refractivity contribution in [3.05, 3.63) is 35.2 Å². The Balaban J connectivity index is 1.77. The van der Waals surface area contributed by atoms with Crippen LogP contribution in [0, 0.1) is 5.82 Å². The van der Waals surface area contributed by atoms with Gasteiger partial charge in [-0.25, -0.2) is 4.39 Å². The van der Waals surface area contributed by atoms with Crippen molar-refractivity contribution in [3.63, 3.8) is 0 Å². The van der Waals surface area contributed by atoms with E-state index in [1.54, 1.807) is 12.3 Å². The van der Waals surface area contributed by atoms with Crippen LogP contribution in [-0.2, 0) is 0 Å². The number of aromatic nitrogens is 3. The first-order chi connectivity index (χ1) is 10.2. The van der Waals surface area contributed by atoms with Gasteiger partial charge in [-0.15, -0.1) is 5.10 Å². The van der Waals surface area contributed by atoms with Crippen molar-refractivity contribution in [2.75, 3.05) is 23.3 Å². The summed E-state index contributed by atoms with van der Waals surface area (Å²) < 4.78 is 13.1. The quantitative estimate of drug-likeness (QED) is 0.942. The average Bonchev–Trinajstić information content (AvgIpc) is 2.52. The number of anilines is 3. The lowest BCUT2D eigenvalue weighted by Crippen LogP contribution is -2.30. The zero-order valence-electron chi connectivity index (χ0n) is 11.4. The molecule has 2 aromatic rings. The van der Waals surface area contributed by atoms with Crippen molar-refractivity contribution in [1.82, 2.24) is 15.2 Å². The van der Waals surface area contributed by atoms with Gasteiger partial charge in [0.25, 0.3) is 0 Å². The van der Waals surface area contributed by atoms with Gasteiger partial charge in [-0.05, 0) is 37.5 Å². The van der Waals surface area contributed by atoms with Crippen LogP contribution in [0.5, 0.6) is 0 Å². The Labute approximate surface area is 127 Å². The molecular weight excluding hydrogens is 293 g/mol. The summed E-state index contributed by atoms with van der Waals surface area (Å²) in [6.07, 6.45) is 5.25. The predicted octanol–water partition coefficient (Wildman–Crippen LogP) is 3.40. The number of piperidine rings is 1. The van der Waals surface area contributed by atoms with Gasteiger partial charge in [0, 0.05) is 18.8 Å². The molecule has 1 aliphatic heterocycles. The zero-order chi connectivity index (χ0) is 14.7. The molecule has 1 N–H and O–H groups in total. The molecule has 0 amide bonds. The molecule has 1 aromatic heterocycles. The SMILES string of the molecule is Fc1ccc(Nc2nncc(N3CCCCC3)n2)cc1Cl. The second-order valence-corrected chi connectivity index (χ2v) is 5.35. The summed E-state index contributed by atoms with van der Waals surface area (Å²) in [5.74, 6) is 0.726. The van der Waals surface area contributed by atoms with Gasteiger partial charge in [-0.3, -0.25) is 0 Å². The van der Waals surface area contributed by atoms with E-state index in [0.29, 0.717) is 11.6 Å². The monoisotopic (exact) mass is 307 g/mol. The number of nitrogens with one attached hydrogen (secondary N) is 1. The zero-order valence-corrected chi connectivity index (χ0v) is 12.1. The standard InChI is InChI=1S/C14H15ClFN5/c15-11-8-10(4-5-12(11)16)18-14-19-13(9-17-20-14)21-6-2-1-3-7-21/h4-5,8-9H,1-3,6-7H2,(H,18,19,20). The van der Waals surface area contributed by atoms with Gasteiger partial charge in [-0.1, -0.05) is 11.6 Å². The fourth-order valence-electron chi connectivity index (χ4n) is 2.33. The predicted molar refractivity (Wildman–Crippen MR) is 80.6 cm³/mol. The minimum absolute atomic E-state index is 0.0557. The van der Waals surface area contributed by atoms with Crippen LogP contribution in [0.15, 0.2) is 24.4 Å². The van der Waals surface area contributed by atoms with Gasteiger partial charge in [0.1, 0.15) is 5.82 Å². The highest BCUT2D eigenvalue weighted by Gasteiger charge is 2.13. The molecule has 1 aromatic carbocycles. The molecule has 0 atom stereocenters. The molecular formula is C14H15ClFN5. The number of hydrogen-bond acceptors (Lipinski definition) is 5. The number of hydrogen-bond donors (Lipinski definition) is 1. The second kappa shape index (κ2) is 6.22. The largest absolute Gasteiger partial charge is 0.355 e. The first-order valence-electron chi connectivity index (χ1n) is 6.89. The number of nitrogens with zero attached hydrogens (tertiary/aromatic N) is 4. The van der Waals surface area contributed by atoms with E-state index in [2.05, 4.69) is 25.4 Å². The lowest BCUT2D eigenvalue weighted by atomic mass is 10.1. The van der Waals surface area contributed by atoms with E-state index < -0.39 is 5.82 Å². The highest BCUT2D eigenvalue weighted by atomic mass is 35.5. The highest BCUT2D eigenvalue weighted by Crippen LogP contribution is 2.22. The van der Waals surface area contributed by atoms with E-state index in [1.165, 1.54) is 31.4 Å². The molecule has 1 saturated heterocycles. The average molecular weight is 308 g/mol. The Morgan fingerprint density at radius 1 is 1.19 bits per heavy atom. The summed E-state index contributed by atoms with van der Waals surface area (Å²) >= 11 is 5.75. The minimum atomic E-state index is -0.455. The smallest absolute Gasteiger partial charge is 0.249 e. The molecule has 0 bridgehead atoms. The summed E-state index contributed by atoms with van der Waals surface area (Å²) in [5.41, 5.74) is 0.624. The van der Waals surface area contributed by atoms with Crippen LogP contribution < -0.4 is 10.2 Å². The second-order valence-electron chi connectivity index (χ2n) is 4.94. The third-order valence-electron chi connectivity index (χ3n) is 3.40. The Morgan fingerprint density at radius 2 is 2.00 bits per heavy atom. The molecule has 0 spiro atoms. The van der Waals surface area contributed by atoms with Gasteiger partial charge < -0.3 is 10.2 Å². The van der Waals surface area contributed by atoms with Crippen LogP contribution in [0.25, 0.3) is 0 Å². The van der Waals surface area contributed by atoms with E-state index in [0.717, 1.165) is 18.9 Å². The van der Waals surface area contributed by atoms with Gasteiger partial charge in [0.05, 0.1) is 11.2 Å². The van der Waals surface area contributed by atoms with Gasteiger partial charge in [0.2, 0.25) is 5.95 Å². The fourth-order valence-corrected chi connectivity index (χ4v) is 2.51. The van der Waals surface area contributed by atoms with Crippen LogP contribution in [-0.4, -0.2) is 28.3 Å². The van der Waals surface area contributed by atoms with E-state index in [4.69, 9.17) is 11.6 Å². The molecule has 0 radical (unpaired) electrons. The number of halogens is 2. The normalized spacial score (nSPS) is 15.0. The third-order valence-corrected chi connectivity index (χ3v) is 3.69. The fraction of sp³-hybridized carbons (Fsp3) is 0.357. The maximum absolute atomic E-state index is 13.1. The molecule has 5 nitrogen and oxygen atoms in total. The summed E-state index contributed by atoms with van der Waals surface area (Å²) in [5, 5.41) is 11.0. The van der Waals surface area contributed by atoms with Crippen LogP contribution >= 0.6 is 11.6 Å². The van der Waals surface area contributed by atoms with Crippen molar-refractivity contribution in [3.8, 4) is 0 Å². The van der Waals surface area contributed by atoms with Crippen molar-refractivity contribution in [2.45, 2.75) is 19.3 Å². The minimum Gasteiger partial charge on any atom is -0.355 e. The van der Waals surface area contributed by atoms with E-state index >= 15 is 0 Å². The van der Waals surface area contributed by atoms with Gasteiger partial charge in [0.15, 0.2) is 5.82 Å². The summed E-state index contributed by atoms with van der Waals surface area (Å²) in [7, 11) is 0. The third kappa shape index (κ3) is 3.39. The van der Waals surface area contributed by atoms with E-state index in [1.807, 2.05) is 0 Å². The summed E-state index contributed by atoms with van der Waals surface area (Å²) in [6.45, 7) is 1.97. The first-order valence-corrected chi connectivity index (χ1v) is 7.27. The Kier molecular flexibility index (Phi) is 4.15. The first kappa shape index (κ1) is 14.0. The molecule has 110 valence electrons. The van der Waals surface area contributed by atoms with Crippen molar-refractivity contribution < 1.29 is 4.39 Å². The number of benzene rings is 1. The van der Waals surface area contributed by atoms with Crippen molar-refractivity contribution in [1.29, 1.82) is 0 Å². The van der Waals surface area contributed by atoms with Crippen LogP contribution in [0.3, 0.4) is 0 Å². The van der Waals surface area contributed by atoms with Gasteiger partial charge in [-0.2, -0.15) is 10.1 Å². The lowest BCUT2D eigenvalue weighted by Gasteiger charge is -2.27. The summed E-state index contributed by atoms with van der Waals surface area (Å²) in [6, 6.07) is 4.37. The van der Waals surface area contributed by atoms with Gasteiger partial charge >= 0.3 is 0 Å². The maximum atomic E-state index is 13.1. The Hall–Kier alpha value is -1.95. The summed E-state index contributed by atoms with van der Waals surface area (Å²) in [4.78, 5) is 6.64. The molecule has 0 aliphatic carbocycles. The Morgan fingerprint density at radius 3 is 2.76 bits per heavy atom. The van der Waals surface area contributed by atoms with Crippen LogP contribution in [0.1, 0.15) is 19.3 Å². The highest BCUT2D eigenvalue weighted by molar-refractivity contribution is 6.31. The van der Waals surface area contributed by atoms with E-state index in [-0.39, 0.29) is 5.02 Å². The van der Waals surface area contributed by atoms with Crippen molar-refractivity contribution in [2.24, 2.45) is 0 Å². The molecule has 7 heteroatoms. The molecule has 1 aliphatic rings. The van der Waals surface area contributed by atoms with Crippen LogP contribution in [0.2, 0.25) is 5.02 Å². The molecule has 3 rings (SSSR count).